The zero-order valence-electron chi connectivity index (χ0n) is 22.2. The lowest BCUT2D eigenvalue weighted by Crippen LogP contribution is -2.55. The molecule has 39 heavy (non-hydrogen) atoms. The zero-order chi connectivity index (χ0) is 27.8. The van der Waals surface area contributed by atoms with Crippen LogP contribution in [0.15, 0.2) is 60.8 Å². The maximum atomic E-state index is 14.5. The number of aromatic nitrogens is 5. The van der Waals surface area contributed by atoms with E-state index in [1.54, 1.807) is 56.4 Å². The Labute approximate surface area is 230 Å². The molecule has 0 bridgehead atoms. The lowest BCUT2D eigenvalue weighted by Gasteiger charge is -2.37. The van der Waals surface area contributed by atoms with Gasteiger partial charge in [0.2, 0.25) is 0 Å². The largest absolute Gasteiger partial charge is 0.496 e. The van der Waals surface area contributed by atoms with Crippen LogP contribution in [-0.2, 0) is 16.6 Å². The van der Waals surface area contributed by atoms with E-state index in [2.05, 4.69) is 45.7 Å². The van der Waals surface area contributed by atoms with Crippen molar-refractivity contribution < 1.29 is 19.4 Å². The van der Waals surface area contributed by atoms with Crippen LogP contribution in [0, 0.1) is 0 Å². The molecule has 1 aliphatic rings. The van der Waals surface area contributed by atoms with Gasteiger partial charge in [-0.15, -0.1) is 11.3 Å². The van der Waals surface area contributed by atoms with Gasteiger partial charge in [0.15, 0.2) is 0 Å². The highest BCUT2D eigenvalue weighted by atomic mass is 32.1. The van der Waals surface area contributed by atoms with E-state index in [1.165, 1.54) is 16.2 Å². The molecular weight excluding hydrogens is 516 g/mol. The van der Waals surface area contributed by atoms with E-state index >= 15 is 0 Å². The fourth-order valence-corrected chi connectivity index (χ4v) is 6.24. The van der Waals surface area contributed by atoms with Crippen LogP contribution < -0.4 is 4.74 Å². The van der Waals surface area contributed by atoms with Crippen LogP contribution in [0.2, 0.25) is 0 Å². The Balaban J connectivity index is 1.71. The Morgan fingerprint density at radius 1 is 1.18 bits per heavy atom. The Hall–Kier alpha value is -4.12. The number of thiazole rings is 1. The van der Waals surface area contributed by atoms with Crippen LogP contribution >= 0.6 is 11.3 Å². The number of hydrogen-bond donors (Lipinski definition) is 2. The molecular formula is C28H30N6O4S. The van der Waals surface area contributed by atoms with Crippen LogP contribution in [0.3, 0.4) is 0 Å². The molecule has 3 aromatic heterocycles. The molecule has 4 aromatic rings. The standard InChI is InChI=1S/C28H30N6O4S/c1-27(2,3)19-6-5-17(13-21(19)38-4)25(35)34-23(24-33-11-12-39-24)18(20-16-29-7-8-30-20)14-28(34,26(36)37)15-22-31-9-10-32-22/h5-13,16,18,23H,14-15H2,1-4H3,(H,31,32)(H,36,37)/t18-,23-,28+/m1/s1. The first kappa shape index (κ1) is 26.5. The summed E-state index contributed by atoms with van der Waals surface area (Å²) in [7, 11) is 1.57. The minimum atomic E-state index is -1.64. The topological polar surface area (TPSA) is 134 Å². The van der Waals surface area contributed by atoms with Gasteiger partial charge in [-0.25, -0.2) is 14.8 Å². The number of H-pyrrole nitrogens is 1. The number of hydrogen-bond acceptors (Lipinski definition) is 8. The van der Waals surface area contributed by atoms with Gasteiger partial charge in [0.25, 0.3) is 5.91 Å². The van der Waals surface area contributed by atoms with Gasteiger partial charge in [0.05, 0.1) is 18.8 Å². The fraction of sp³-hybridized carbons (Fsp3) is 0.357. The second-order valence-electron chi connectivity index (χ2n) is 10.6. The van der Waals surface area contributed by atoms with Crippen LogP contribution in [0.5, 0.6) is 5.75 Å². The van der Waals surface area contributed by atoms with E-state index in [-0.39, 0.29) is 18.3 Å². The molecule has 1 saturated heterocycles. The van der Waals surface area contributed by atoms with Gasteiger partial charge in [-0.1, -0.05) is 26.8 Å². The quantitative estimate of drug-likeness (QED) is 0.348. The number of rotatable bonds is 7. The molecule has 0 saturated carbocycles. The lowest BCUT2D eigenvalue weighted by atomic mass is 9.85. The third-order valence-electron chi connectivity index (χ3n) is 7.23. The van der Waals surface area contributed by atoms with Crippen molar-refractivity contribution >= 4 is 23.2 Å². The van der Waals surface area contributed by atoms with E-state index in [0.29, 0.717) is 27.8 Å². The maximum absolute atomic E-state index is 14.5. The first-order valence-corrected chi connectivity index (χ1v) is 13.4. The Morgan fingerprint density at radius 2 is 2.00 bits per heavy atom. The SMILES string of the molecule is COc1cc(C(=O)N2[C@@H](c3nccs3)[C@@H](c3cnccn3)C[C@]2(Cc2ncc[nH]2)C(=O)O)ccc1C(C)(C)C. The molecule has 1 aliphatic heterocycles. The van der Waals surface area contributed by atoms with Crippen LogP contribution in [0.1, 0.15) is 71.6 Å². The van der Waals surface area contributed by atoms with Crippen LogP contribution in [0.25, 0.3) is 0 Å². The molecule has 5 rings (SSSR count). The fourth-order valence-electron chi connectivity index (χ4n) is 5.45. The number of nitrogens with one attached hydrogen (secondary N) is 1. The smallest absolute Gasteiger partial charge is 0.330 e. The number of aromatic amines is 1. The summed E-state index contributed by atoms with van der Waals surface area (Å²) in [5, 5.41) is 13.3. The van der Waals surface area contributed by atoms with Crippen molar-refractivity contribution in [2.75, 3.05) is 7.11 Å². The monoisotopic (exact) mass is 546 g/mol. The molecule has 4 heterocycles. The average Bonchev–Trinajstić information content (AvgIpc) is 3.69. The van der Waals surface area contributed by atoms with E-state index in [1.807, 2.05) is 11.4 Å². The first-order valence-electron chi connectivity index (χ1n) is 12.5. The second-order valence-corrected chi connectivity index (χ2v) is 11.6. The molecule has 11 heteroatoms. The number of carbonyl (C=O) groups excluding carboxylic acids is 1. The lowest BCUT2D eigenvalue weighted by molar-refractivity contribution is -0.149. The Kier molecular flexibility index (Phi) is 6.94. The van der Waals surface area contributed by atoms with E-state index in [0.717, 1.165) is 5.56 Å². The molecule has 0 radical (unpaired) electrons. The average molecular weight is 547 g/mol. The van der Waals surface area contributed by atoms with Crippen molar-refractivity contribution in [1.82, 2.24) is 29.8 Å². The van der Waals surface area contributed by atoms with Crippen molar-refractivity contribution in [3.8, 4) is 5.75 Å². The predicted molar refractivity (Wildman–Crippen MR) is 145 cm³/mol. The normalized spacial score (nSPS) is 21.2. The predicted octanol–water partition coefficient (Wildman–Crippen LogP) is 4.40. The number of nitrogens with zero attached hydrogens (tertiary/aromatic N) is 5. The third kappa shape index (κ3) is 4.78. The molecule has 2 N–H and O–H groups in total. The summed E-state index contributed by atoms with van der Waals surface area (Å²) < 4.78 is 5.67. The summed E-state index contributed by atoms with van der Waals surface area (Å²) in [4.78, 5) is 49.9. The van der Waals surface area contributed by atoms with Gasteiger partial charge in [0.1, 0.15) is 22.1 Å². The van der Waals surface area contributed by atoms with Gasteiger partial charge in [0, 0.05) is 60.5 Å². The van der Waals surface area contributed by atoms with Gasteiger partial charge in [-0.2, -0.15) is 0 Å². The number of amides is 1. The molecule has 0 spiro atoms. The minimum absolute atomic E-state index is 0.0169. The minimum Gasteiger partial charge on any atom is -0.496 e. The molecule has 202 valence electrons. The highest BCUT2D eigenvalue weighted by molar-refractivity contribution is 7.09. The number of ether oxygens (including phenoxy) is 1. The van der Waals surface area contributed by atoms with Crippen LogP contribution in [0.4, 0.5) is 0 Å². The number of carboxylic acid groups (broad SMARTS) is 1. The van der Waals surface area contributed by atoms with Crippen molar-refractivity contribution in [2.45, 2.75) is 56.5 Å². The number of likely N-dealkylation sites (tertiary alicyclic amines) is 1. The molecule has 1 fully saturated rings. The number of aliphatic carboxylic acids is 1. The summed E-state index contributed by atoms with van der Waals surface area (Å²) in [6, 6.07) is 4.61. The zero-order valence-corrected chi connectivity index (χ0v) is 23.0. The number of benzene rings is 1. The van der Waals surface area contributed by atoms with Gasteiger partial charge >= 0.3 is 5.97 Å². The van der Waals surface area contributed by atoms with Crippen molar-refractivity contribution in [3.63, 3.8) is 0 Å². The van der Waals surface area contributed by atoms with E-state index in [9.17, 15) is 14.7 Å². The molecule has 3 atom stereocenters. The van der Waals surface area contributed by atoms with Crippen LogP contribution in [-0.4, -0.2) is 59.5 Å². The molecule has 0 unspecified atom stereocenters. The van der Waals surface area contributed by atoms with Crippen molar-refractivity contribution in [3.05, 3.63) is 88.4 Å². The summed E-state index contributed by atoms with van der Waals surface area (Å²) in [5.41, 5.74) is 0.0103. The van der Waals surface area contributed by atoms with E-state index < -0.39 is 29.4 Å². The van der Waals surface area contributed by atoms with Gasteiger partial charge in [-0.05, 0) is 29.5 Å². The molecule has 1 aromatic carbocycles. The third-order valence-corrected chi connectivity index (χ3v) is 8.08. The van der Waals surface area contributed by atoms with Crippen molar-refractivity contribution in [1.29, 1.82) is 0 Å². The summed E-state index contributed by atoms with van der Waals surface area (Å²) in [6.45, 7) is 6.20. The highest BCUT2D eigenvalue weighted by Gasteiger charge is 2.60. The maximum Gasteiger partial charge on any atom is 0.330 e. The molecule has 0 aliphatic carbocycles. The summed E-state index contributed by atoms with van der Waals surface area (Å²) in [5.74, 6) is -0.993. The molecule has 10 nitrogen and oxygen atoms in total. The number of imidazole rings is 1. The Morgan fingerprint density at radius 3 is 2.59 bits per heavy atom. The van der Waals surface area contributed by atoms with Gasteiger partial charge in [-0.3, -0.25) is 14.8 Å². The summed E-state index contributed by atoms with van der Waals surface area (Å²) >= 11 is 1.37. The van der Waals surface area contributed by atoms with Crippen molar-refractivity contribution in [2.24, 2.45) is 0 Å². The number of carboxylic acids is 1. The highest BCUT2D eigenvalue weighted by Crippen LogP contribution is 2.53. The van der Waals surface area contributed by atoms with E-state index in [4.69, 9.17) is 4.74 Å². The summed E-state index contributed by atoms with van der Waals surface area (Å²) in [6.07, 6.45) is 9.72. The Bertz CT molecular complexity index is 1450. The van der Waals surface area contributed by atoms with Gasteiger partial charge < -0.3 is 19.7 Å². The first-order chi connectivity index (χ1) is 18.7. The second kappa shape index (κ2) is 10.2. The number of carbonyl (C=O) groups is 2. The number of methoxy groups -OCH3 is 1. The molecule has 1 amide bonds.